The van der Waals surface area contributed by atoms with Crippen LogP contribution in [0.15, 0.2) is 12.4 Å². The van der Waals surface area contributed by atoms with Crippen molar-refractivity contribution in [1.82, 2.24) is 14.7 Å². The summed E-state index contributed by atoms with van der Waals surface area (Å²) >= 11 is 7.67. The van der Waals surface area contributed by atoms with E-state index in [1.807, 2.05) is 4.68 Å². The predicted molar refractivity (Wildman–Crippen MR) is 79.0 cm³/mol. The van der Waals surface area contributed by atoms with Gasteiger partial charge in [-0.2, -0.15) is 16.9 Å². The molecule has 0 spiro atoms. The third-order valence-electron chi connectivity index (χ3n) is 4.11. The second-order valence-electron chi connectivity index (χ2n) is 5.48. The number of carbonyl (C=O) groups excluding carboxylic acids is 1. The largest absolute Gasteiger partial charge is 0.380 e. The molecule has 1 amide bonds. The summed E-state index contributed by atoms with van der Waals surface area (Å²) in [5, 5.41) is 15.3. The van der Waals surface area contributed by atoms with Crippen LogP contribution in [0, 0.1) is 0 Å². The number of halogens is 1. The zero-order valence-electron chi connectivity index (χ0n) is 11.2. The number of nitrogens with zero attached hydrogens (tertiary/aromatic N) is 3. The molecule has 2 saturated heterocycles. The Bertz CT molecular complexity index is 502. The van der Waals surface area contributed by atoms with Crippen LogP contribution in [0.5, 0.6) is 0 Å². The lowest BCUT2D eigenvalue weighted by molar-refractivity contribution is -0.151. The summed E-state index contributed by atoms with van der Waals surface area (Å²) in [6.45, 7) is 1.28. The maximum Gasteiger partial charge on any atom is 0.254 e. The van der Waals surface area contributed by atoms with Gasteiger partial charge in [-0.05, 0) is 30.8 Å². The summed E-state index contributed by atoms with van der Waals surface area (Å²) in [5.74, 6) is 1.60. The minimum absolute atomic E-state index is 0.112. The van der Waals surface area contributed by atoms with Crippen LogP contribution in [0.3, 0.4) is 0 Å². The molecule has 110 valence electrons. The average molecular weight is 316 g/mol. The van der Waals surface area contributed by atoms with Crippen molar-refractivity contribution in [1.29, 1.82) is 0 Å². The molecule has 1 unspecified atom stereocenters. The summed E-state index contributed by atoms with van der Waals surface area (Å²) < 4.78 is 1.82. The van der Waals surface area contributed by atoms with E-state index in [0.29, 0.717) is 31.0 Å². The van der Waals surface area contributed by atoms with Gasteiger partial charge in [0.05, 0.1) is 17.3 Å². The monoisotopic (exact) mass is 315 g/mol. The van der Waals surface area contributed by atoms with Gasteiger partial charge in [0.2, 0.25) is 0 Å². The van der Waals surface area contributed by atoms with Gasteiger partial charge in [0.1, 0.15) is 5.60 Å². The molecule has 1 N–H and O–H groups in total. The van der Waals surface area contributed by atoms with Gasteiger partial charge < -0.3 is 10.0 Å². The summed E-state index contributed by atoms with van der Waals surface area (Å²) in [6.07, 6.45) is 5.37. The van der Waals surface area contributed by atoms with E-state index in [1.54, 1.807) is 29.1 Å². The van der Waals surface area contributed by atoms with Gasteiger partial charge in [0, 0.05) is 19.3 Å². The number of amides is 1. The smallest absolute Gasteiger partial charge is 0.254 e. The molecular formula is C13H18ClN3O2S. The van der Waals surface area contributed by atoms with Gasteiger partial charge in [-0.3, -0.25) is 9.48 Å². The van der Waals surface area contributed by atoms with Crippen LogP contribution >= 0.6 is 23.4 Å². The van der Waals surface area contributed by atoms with Crippen LogP contribution in [0.1, 0.15) is 25.3 Å². The number of thioether (sulfide) groups is 1. The Hall–Kier alpha value is -0.720. The second-order valence-corrected chi connectivity index (χ2v) is 7.14. The van der Waals surface area contributed by atoms with E-state index in [9.17, 15) is 9.90 Å². The Morgan fingerprint density at radius 2 is 2.25 bits per heavy atom. The van der Waals surface area contributed by atoms with Crippen LogP contribution in [-0.4, -0.2) is 55.9 Å². The fraction of sp³-hybridized carbons (Fsp3) is 0.692. The molecule has 0 saturated carbocycles. The number of carbonyl (C=O) groups is 1. The van der Waals surface area contributed by atoms with Crippen LogP contribution in [0.4, 0.5) is 0 Å². The highest BCUT2D eigenvalue weighted by molar-refractivity contribution is 7.99. The zero-order valence-corrected chi connectivity index (χ0v) is 12.7. The first kappa shape index (κ1) is 14.2. The molecule has 1 atom stereocenters. The molecule has 2 aliphatic rings. The van der Waals surface area contributed by atoms with Crippen LogP contribution < -0.4 is 0 Å². The van der Waals surface area contributed by atoms with E-state index in [2.05, 4.69) is 5.10 Å². The van der Waals surface area contributed by atoms with Gasteiger partial charge in [0.15, 0.2) is 0 Å². The number of aliphatic hydroxyl groups is 1. The normalized spacial score (nSPS) is 25.9. The topological polar surface area (TPSA) is 58.4 Å². The Balaban J connectivity index is 1.66. The summed E-state index contributed by atoms with van der Waals surface area (Å²) in [5.41, 5.74) is -1.15. The van der Waals surface area contributed by atoms with E-state index >= 15 is 0 Å². The van der Waals surface area contributed by atoms with E-state index < -0.39 is 5.60 Å². The van der Waals surface area contributed by atoms with Gasteiger partial charge in [-0.1, -0.05) is 11.6 Å². The van der Waals surface area contributed by atoms with Gasteiger partial charge in [-0.25, -0.2) is 0 Å². The van der Waals surface area contributed by atoms with Crippen molar-refractivity contribution in [2.45, 2.75) is 30.9 Å². The zero-order chi connectivity index (χ0) is 14.2. The van der Waals surface area contributed by atoms with Crippen molar-refractivity contribution in [3.63, 3.8) is 0 Å². The lowest BCUT2D eigenvalue weighted by Gasteiger charge is -2.33. The van der Waals surface area contributed by atoms with Crippen LogP contribution in [-0.2, 0) is 4.79 Å². The number of hydrogen-bond acceptors (Lipinski definition) is 4. The Labute approximate surface area is 127 Å². The first-order chi connectivity index (χ1) is 9.58. The summed E-state index contributed by atoms with van der Waals surface area (Å²) in [4.78, 5) is 14.3. The Kier molecular flexibility index (Phi) is 3.97. The van der Waals surface area contributed by atoms with E-state index in [-0.39, 0.29) is 11.9 Å². The third-order valence-corrected chi connectivity index (χ3v) is 5.29. The highest BCUT2D eigenvalue weighted by Gasteiger charge is 2.42. The SMILES string of the molecule is O=C(N1CCC(n2cc(Cl)cn2)C1)C1(O)CCSCC1. The van der Waals surface area contributed by atoms with E-state index in [0.717, 1.165) is 17.9 Å². The van der Waals surface area contributed by atoms with Crippen molar-refractivity contribution in [2.24, 2.45) is 0 Å². The molecule has 2 aliphatic heterocycles. The first-order valence-corrected chi connectivity index (χ1v) is 8.41. The maximum absolute atomic E-state index is 12.5. The molecule has 20 heavy (non-hydrogen) atoms. The standard InChI is InChI=1S/C13H18ClN3O2S/c14-10-7-15-17(8-10)11-1-4-16(9-11)12(18)13(19)2-5-20-6-3-13/h7-8,11,19H,1-6,9H2. The molecule has 1 aromatic rings. The fourth-order valence-electron chi connectivity index (χ4n) is 2.87. The highest BCUT2D eigenvalue weighted by Crippen LogP contribution is 2.31. The van der Waals surface area contributed by atoms with Crippen molar-refractivity contribution in [3.8, 4) is 0 Å². The molecule has 2 fully saturated rings. The summed E-state index contributed by atoms with van der Waals surface area (Å²) in [6, 6.07) is 0.160. The molecule has 1 aromatic heterocycles. The fourth-order valence-corrected chi connectivity index (χ4v) is 4.19. The number of likely N-dealkylation sites (tertiary alicyclic amines) is 1. The molecule has 3 heterocycles. The molecule has 7 heteroatoms. The number of hydrogen-bond donors (Lipinski definition) is 1. The quantitative estimate of drug-likeness (QED) is 0.900. The van der Waals surface area contributed by atoms with Crippen molar-refractivity contribution < 1.29 is 9.90 Å². The molecule has 0 aromatic carbocycles. The van der Waals surface area contributed by atoms with Gasteiger partial charge >= 0.3 is 0 Å². The lowest BCUT2D eigenvalue weighted by atomic mass is 9.95. The van der Waals surface area contributed by atoms with Gasteiger partial charge in [-0.15, -0.1) is 0 Å². The lowest BCUT2D eigenvalue weighted by Crippen LogP contribution is -2.50. The second kappa shape index (κ2) is 5.58. The average Bonchev–Trinajstić information content (AvgIpc) is 3.07. The Morgan fingerprint density at radius 3 is 2.90 bits per heavy atom. The van der Waals surface area contributed by atoms with Gasteiger partial charge in [0.25, 0.3) is 5.91 Å². The minimum Gasteiger partial charge on any atom is -0.380 e. The predicted octanol–water partition coefficient (Wildman–Crippen LogP) is 1.57. The molecule has 5 nitrogen and oxygen atoms in total. The molecule has 0 aliphatic carbocycles. The van der Waals surface area contributed by atoms with Crippen LogP contribution in [0.2, 0.25) is 5.02 Å². The first-order valence-electron chi connectivity index (χ1n) is 6.88. The summed E-state index contributed by atoms with van der Waals surface area (Å²) in [7, 11) is 0. The van der Waals surface area contributed by atoms with Crippen molar-refractivity contribution in [2.75, 3.05) is 24.6 Å². The molecule has 0 radical (unpaired) electrons. The van der Waals surface area contributed by atoms with Crippen LogP contribution in [0.25, 0.3) is 0 Å². The minimum atomic E-state index is -1.15. The molecular weight excluding hydrogens is 298 g/mol. The third kappa shape index (κ3) is 2.69. The Morgan fingerprint density at radius 1 is 1.50 bits per heavy atom. The van der Waals surface area contributed by atoms with Crippen molar-refractivity contribution >= 4 is 29.3 Å². The maximum atomic E-state index is 12.5. The number of rotatable bonds is 2. The number of aromatic nitrogens is 2. The molecule has 0 bridgehead atoms. The molecule has 3 rings (SSSR count). The van der Waals surface area contributed by atoms with Crippen molar-refractivity contribution in [3.05, 3.63) is 17.4 Å². The van der Waals surface area contributed by atoms with E-state index in [4.69, 9.17) is 11.6 Å². The highest BCUT2D eigenvalue weighted by atomic mass is 35.5. The van der Waals surface area contributed by atoms with E-state index in [1.165, 1.54) is 0 Å².